The molecule has 1 N–H and O–H groups in total. The molecule has 1 atom stereocenters. The summed E-state index contributed by atoms with van der Waals surface area (Å²) in [6, 6.07) is 15.8. The Labute approximate surface area is 166 Å². The molecule has 0 aromatic heterocycles. The third-order valence-corrected chi connectivity index (χ3v) is 4.96. The maximum absolute atomic E-state index is 12.8. The quantitative estimate of drug-likeness (QED) is 0.742. The van der Waals surface area contributed by atoms with E-state index in [0.717, 1.165) is 28.2 Å². The van der Waals surface area contributed by atoms with Gasteiger partial charge in [0.05, 0.1) is 24.5 Å². The third kappa shape index (κ3) is 4.60. The molecule has 28 heavy (non-hydrogen) atoms. The number of benzene rings is 2. The minimum Gasteiger partial charge on any atom is -0.494 e. The van der Waals surface area contributed by atoms with Crippen LogP contribution in [-0.4, -0.2) is 40.5 Å². The van der Waals surface area contributed by atoms with E-state index in [0.29, 0.717) is 25.9 Å². The number of rotatable bonds is 7. The average Bonchev–Trinajstić information content (AvgIpc) is 3.04. The number of nitrogens with zero attached hydrogens (tertiary/aromatic N) is 2. The number of hydrogen-bond donors (Lipinski definition) is 1. The van der Waals surface area contributed by atoms with Crippen molar-refractivity contribution in [1.82, 2.24) is 5.01 Å². The van der Waals surface area contributed by atoms with E-state index < -0.39 is 5.54 Å². The van der Waals surface area contributed by atoms with Crippen LogP contribution in [0.15, 0.2) is 53.6 Å². The van der Waals surface area contributed by atoms with Gasteiger partial charge in [-0.3, -0.25) is 4.79 Å². The zero-order valence-electron chi connectivity index (χ0n) is 16.8. The van der Waals surface area contributed by atoms with Crippen molar-refractivity contribution in [2.75, 3.05) is 13.2 Å². The molecule has 1 unspecified atom stereocenters. The molecule has 0 radical (unpaired) electrons. The van der Waals surface area contributed by atoms with Crippen LogP contribution in [0, 0.1) is 13.8 Å². The molecular formula is C23H28N2O3. The molecular weight excluding hydrogens is 352 g/mol. The van der Waals surface area contributed by atoms with Gasteiger partial charge in [0.2, 0.25) is 5.91 Å². The zero-order chi connectivity index (χ0) is 20.1. The number of para-hydroxylation sites is 1. The molecule has 5 nitrogen and oxygen atoms in total. The topological polar surface area (TPSA) is 62.1 Å². The minimum absolute atomic E-state index is 0.0902. The lowest BCUT2D eigenvalue weighted by molar-refractivity contribution is -0.137. The van der Waals surface area contributed by atoms with E-state index in [9.17, 15) is 9.90 Å². The van der Waals surface area contributed by atoms with Gasteiger partial charge in [-0.2, -0.15) is 5.10 Å². The fourth-order valence-corrected chi connectivity index (χ4v) is 3.53. The summed E-state index contributed by atoms with van der Waals surface area (Å²) in [7, 11) is 0. The van der Waals surface area contributed by atoms with Gasteiger partial charge in [-0.1, -0.05) is 47.5 Å². The predicted molar refractivity (Wildman–Crippen MR) is 111 cm³/mol. The standard InChI is InChI=1S/C23H28N2O3/c1-17-12-18(2)14-19(13-17)21-15-23(3,16-26)25(24-21)22(27)10-7-11-28-20-8-5-4-6-9-20/h4-6,8-9,12-14,26H,7,10-11,15-16H2,1-3H3. The fourth-order valence-electron chi connectivity index (χ4n) is 3.53. The van der Waals surface area contributed by atoms with Gasteiger partial charge in [0, 0.05) is 12.8 Å². The fraction of sp³-hybridized carbons (Fsp3) is 0.391. The Kier molecular flexibility index (Phi) is 6.15. The van der Waals surface area contributed by atoms with E-state index >= 15 is 0 Å². The average molecular weight is 380 g/mol. The number of aryl methyl sites for hydroxylation is 2. The lowest BCUT2D eigenvalue weighted by atomic mass is 9.92. The van der Waals surface area contributed by atoms with Crippen LogP contribution < -0.4 is 4.74 Å². The number of ether oxygens (including phenoxy) is 1. The Morgan fingerprint density at radius 1 is 1.18 bits per heavy atom. The molecule has 0 fully saturated rings. The second kappa shape index (κ2) is 8.57. The van der Waals surface area contributed by atoms with E-state index in [1.54, 1.807) is 0 Å². The van der Waals surface area contributed by atoms with Crippen LogP contribution in [0.25, 0.3) is 0 Å². The molecule has 2 aromatic rings. The monoisotopic (exact) mass is 380 g/mol. The smallest absolute Gasteiger partial charge is 0.243 e. The predicted octanol–water partition coefficient (Wildman–Crippen LogP) is 3.85. The van der Waals surface area contributed by atoms with Crippen LogP contribution in [0.4, 0.5) is 0 Å². The molecule has 1 heterocycles. The molecule has 2 aromatic carbocycles. The third-order valence-electron chi connectivity index (χ3n) is 4.96. The first-order chi connectivity index (χ1) is 13.4. The van der Waals surface area contributed by atoms with Gasteiger partial charge in [0.1, 0.15) is 5.75 Å². The molecule has 0 saturated heterocycles. The van der Waals surface area contributed by atoms with E-state index in [2.05, 4.69) is 23.3 Å². The number of hydrogen-bond acceptors (Lipinski definition) is 4. The van der Waals surface area contributed by atoms with Crippen molar-refractivity contribution in [3.63, 3.8) is 0 Å². The Morgan fingerprint density at radius 2 is 1.86 bits per heavy atom. The van der Waals surface area contributed by atoms with Gasteiger partial charge < -0.3 is 9.84 Å². The first kappa shape index (κ1) is 20.1. The van der Waals surface area contributed by atoms with Crippen molar-refractivity contribution in [2.45, 2.75) is 45.6 Å². The van der Waals surface area contributed by atoms with E-state index in [1.807, 2.05) is 51.1 Å². The van der Waals surface area contributed by atoms with Gasteiger partial charge in [-0.05, 0) is 44.9 Å². The Hall–Kier alpha value is -2.66. The SMILES string of the molecule is Cc1cc(C)cc(C2=NN(C(=O)CCCOc3ccccc3)C(C)(CO)C2)c1. The largest absolute Gasteiger partial charge is 0.494 e. The van der Waals surface area contributed by atoms with Crippen molar-refractivity contribution in [2.24, 2.45) is 5.10 Å². The summed E-state index contributed by atoms with van der Waals surface area (Å²) in [5.41, 5.74) is 3.47. The maximum Gasteiger partial charge on any atom is 0.243 e. The summed E-state index contributed by atoms with van der Waals surface area (Å²) < 4.78 is 5.66. The molecule has 5 heteroatoms. The van der Waals surface area contributed by atoms with Crippen molar-refractivity contribution in [1.29, 1.82) is 0 Å². The van der Waals surface area contributed by atoms with Gasteiger partial charge in [0.25, 0.3) is 0 Å². The lowest BCUT2D eigenvalue weighted by Gasteiger charge is -2.30. The van der Waals surface area contributed by atoms with Crippen molar-refractivity contribution in [3.05, 3.63) is 65.2 Å². The second-order valence-electron chi connectivity index (χ2n) is 7.73. The first-order valence-corrected chi connectivity index (χ1v) is 9.69. The number of aliphatic hydroxyl groups is 1. The molecule has 1 aliphatic heterocycles. The summed E-state index contributed by atoms with van der Waals surface area (Å²) in [5.74, 6) is 0.707. The van der Waals surface area contributed by atoms with Gasteiger partial charge >= 0.3 is 0 Å². The zero-order valence-corrected chi connectivity index (χ0v) is 16.8. The molecule has 1 amide bonds. The summed E-state index contributed by atoms with van der Waals surface area (Å²) in [6.07, 6.45) is 1.46. The van der Waals surface area contributed by atoms with Crippen LogP contribution in [0.1, 0.15) is 42.9 Å². The van der Waals surface area contributed by atoms with Crippen molar-refractivity contribution < 1.29 is 14.6 Å². The van der Waals surface area contributed by atoms with Crippen LogP contribution in [0.5, 0.6) is 5.75 Å². The van der Waals surface area contributed by atoms with Crippen LogP contribution >= 0.6 is 0 Å². The van der Waals surface area contributed by atoms with Gasteiger partial charge in [0.15, 0.2) is 0 Å². The number of amides is 1. The van der Waals surface area contributed by atoms with Crippen LogP contribution in [0.2, 0.25) is 0 Å². The van der Waals surface area contributed by atoms with Gasteiger partial charge in [-0.15, -0.1) is 0 Å². The number of carbonyl (C=O) groups is 1. The minimum atomic E-state index is -0.704. The summed E-state index contributed by atoms with van der Waals surface area (Å²) in [6.45, 7) is 6.31. The van der Waals surface area contributed by atoms with E-state index in [-0.39, 0.29) is 12.5 Å². The maximum atomic E-state index is 12.8. The first-order valence-electron chi connectivity index (χ1n) is 9.69. The Balaban J connectivity index is 1.65. The lowest BCUT2D eigenvalue weighted by Crippen LogP contribution is -2.46. The molecule has 3 rings (SSSR count). The van der Waals surface area contributed by atoms with Crippen molar-refractivity contribution in [3.8, 4) is 5.75 Å². The van der Waals surface area contributed by atoms with Crippen LogP contribution in [0.3, 0.4) is 0 Å². The number of aliphatic hydroxyl groups excluding tert-OH is 1. The van der Waals surface area contributed by atoms with Gasteiger partial charge in [-0.25, -0.2) is 5.01 Å². The normalized spacial score (nSPS) is 18.9. The van der Waals surface area contributed by atoms with Crippen LogP contribution in [-0.2, 0) is 4.79 Å². The highest BCUT2D eigenvalue weighted by Gasteiger charge is 2.41. The summed E-state index contributed by atoms with van der Waals surface area (Å²) >= 11 is 0. The Bertz CT molecular complexity index is 843. The highest BCUT2D eigenvalue weighted by Crippen LogP contribution is 2.31. The molecule has 0 spiro atoms. The molecule has 1 aliphatic rings. The summed E-state index contributed by atoms with van der Waals surface area (Å²) in [5, 5.41) is 16.0. The van der Waals surface area contributed by atoms with Crippen molar-refractivity contribution >= 4 is 11.6 Å². The van der Waals surface area contributed by atoms with E-state index in [1.165, 1.54) is 5.01 Å². The second-order valence-corrected chi connectivity index (χ2v) is 7.73. The number of hydrazone groups is 1. The number of carbonyl (C=O) groups excluding carboxylic acids is 1. The summed E-state index contributed by atoms with van der Waals surface area (Å²) in [4.78, 5) is 12.8. The molecule has 148 valence electrons. The molecule has 0 saturated carbocycles. The highest BCUT2D eigenvalue weighted by atomic mass is 16.5. The molecule has 0 aliphatic carbocycles. The Morgan fingerprint density at radius 3 is 2.50 bits per heavy atom. The highest BCUT2D eigenvalue weighted by molar-refractivity contribution is 6.03. The van der Waals surface area contributed by atoms with E-state index in [4.69, 9.17) is 4.74 Å². The molecule has 0 bridgehead atoms.